The van der Waals surface area contributed by atoms with Gasteiger partial charge in [-0.2, -0.15) is 0 Å². The number of anilines is 1. The molecule has 0 aliphatic rings. The molecule has 120 valence electrons. The third kappa shape index (κ3) is 5.38. The van der Waals surface area contributed by atoms with Gasteiger partial charge in [0, 0.05) is 12.2 Å². The van der Waals surface area contributed by atoms with Crippen LogP contribution in [0.3, 0.4) is 0 Å². The summed E-state index contributed by atoms with van der Waals surface area (Å²) < 4.78 is 0. The number of carbonyl (C=O) groups is 1. The molecule has 0 unspecified atom stereocenters. The zero-order valence-corrected chi connectivity index (χ0v) is 14.0. The van der Waals surface area contributed by atoms with Crippen molar-refractivity contribution in [2.75, 3.05) is 25.5 Å². The number of amides is 1. The van der Waals surface area contributed by atoms with Crippen molar-refractivity contribution in [3.8, 4) is 0 Å². The molecule has 0 aromatic heterocycles. The van der Waals surface area contributed by atoms with E-state index < -0.39 is 0 Å². The van der Waals surface area contributed by atoms with Crippen LogP contribution in [-0.4, -0.2) is 30.9 Å². The van der Waals surface area contributed by atoms with Crippen molar-refractivity contribution in [2.45, 2.75) is 13.8 Å². The van der Waals surface area contributed by atoms with Crippen molar-refractivity contribution in [3.05, 3.63) is 71.3 Å². The first kappa shape index (κ1) is 17.0. The van der Waals surface area contributed by atoms with Crippen molar-refractivity contribution >= 4 is 17.7 Å². The lowest BCUT2D eigenvalue weighted by Crippen LogP contribution is -2.30. The van der Waals surface area contributed by atoms with E-state index in [4.69, 9.17) is 0 Å². The number of para-hydroxylation sites is 1. The first-order valence-electron chi connectivity index (χ1n) is 7.82. The number of aryl methyl sites for hydroxylation is 2. The maximum absolute atomic E-state index is 12.2. The van der Waals surface area contributed by atoms with Crippen LogP contribution >= 0.6 is 0 Å². The van der Waals surface area contributed by atoms with Gasteiger partial charge < -0.3 is 5.32 Å². The Bertz CT molecular complexity index is 657. The van der Waals surface area contributed by atoms with Gasteiger partial charge in [0.1, 0.15) is 0 Å². The summed E-state index contributed by atoms with van der Waals surface area (Å²) in [6.45, 7) is 5.12. The van der Waals surface area contributed by atoms with Gasteiger partial charge in [0.05, 0.1) is 6.54 Å². The standard InChI is InChI=1S/C20H24N2O/c1-16-9-7-10-17(2)20(16)21-19(23)15-22(3)14-8-13-18-11-5-4-6-12-18/h4-13H,14-15H2,1-3H3,(H,21,23)/b13-8+. The number of nitrogens with zero attached hydrogens (tertiary/aromatic N) is 1. The van der Waals surface area contributed by atoms with Gasteiger partial charge in [0.2, 0.25) is 5.91 Å². The second-order valence-corrected chi connectivity index (χ2v) is 5.82. The van der Waals surface area contributed by atoms with E-state index in [9.17, 15) is 4.79 Å². The Balaban J connectivity index is 1.84. The second-order valence-electron chi connectivity index (χ2n) is 5.82. The molecule has 0 saturated heterocycles. The van der Waals surface area contributed by atoms with Crippen LogP contribution in [0.5, 0.6) is 0 Å². The number of carbonyl (C=O) groups excluding carboxylic acids is 1. The Kier molecular flexibility index (Phi) is 6.12. The molecule has 2 aromatic rings. The minimum Gasteiger partial charge on any atom is -0.324 e. The Hall–Kier alpha value is -2.39. The Labute approximate surface area is 138 Å². The molecule has 2 rings (SSSR count). The largest absolute Gasteiger partial charge is 0.324 e. The molecule has 0 bridgehead atoms. The summed E-state index contributed by atoms with van der Waals surface area (Å²) in [6, 6.07) is 16.2. The Morgan fingerprint density at radius 3 is 2.35 bits per heavy atom. The van der Waals surface area contributed by atoms with E-state index in [-0.39, 0.29) is 5.91 Å². The minimum atomic E-state index is 0.0120. The van der Waals surface area contributed by atoms with Crippen LogP contribution in [0.2, 0.25) is 0 Å². The molecular weight excluding hydrogens is 284 g/mol. The van der Waals surface area contributed by atoms with Crippen LogP contribution in [0.15, 0.2) is 54.6 Å². The van der Waals surface area contributed by atoms with E-state index in [0.717, 1.165) is 23.4 Å². The third-order valence-corrected chi connectivity index (χ3v) is 3.69. The number of rotatable bonds is 6. The van der Waals surface area contributed by atoms with Gasteiger partial charge in [-0.1, -0.05) is 60.7 Å². The maximum atomic E-state index is 12.2. The van der Waals surface area contributed by atoms with Crippen LogP contribution in [0.4, 0.5) is 5.69 Å². The summed E-state index contributed by atoms with van der Waals surface area (Å²) in [5, 5.41) is 3.01. The molecule has 1 amide bonds. The molecule has 2 aromatic carbocycles. The van der Waals surface area contributed by atoms with Gasteiger partial charge in [-0.3, -0.25) is 9.69 Å². The minimum absolute atomic E-state index is 0.0120. The van der Waals surface area contributed by atoms with Crippen LogP contribution in [0, 0.1) is 13.8 Å². The van der Waals surface area contributed by atoms with Crippen molar-refractivity contribution in [2.24, 2.45) is 0 Å². The van der Waals surface area contributed by atoms with Crippen molar-refractivity contribution in [1.82, 2.24) is 4.90 Å². The number of nitrogens with one attached hydrogen (secondary N) is 1. The highest BCUT2D eigenvalue weighted by Gasteiger charge is 2.09. The molecule has 3 heteroatoms. The third-order valence-electron chi connectivity index (χ3n) is 3.69. The van der Waals surface area contributed by atoms with E-state index in [1.165, 1.54) is 5.56 Å². The van der Waals surface area contributed by atoms with Crippen LogP contribution in [0.25, 0.3) is 6.08 Å². The number of likely N-dealkylation sites (N-methyl/N-ethyl adjacent to an activating group) is 1. The zero-order valence-electron chi connectivity index (χ0n) is 14.0. The summed E-state index contributed by atoms with van der Waals surface area (Å²) in [6.07, 6.45) is 4.14. The number of benzene rings is 2. The Morgan fingerprint density at radius 2 is 1.70 bits per heavy atom. The average Bonchev–Trinajstić information content (AvgIpc) is 2.52. The quantitative estimate of drug-likeness (QED) is 0.878. The Morgan fingerprint density at radius 1 is 1.04 bits per heavy atom. The second kappa shape index (κ2) is 8.30. The van der Waals surface area contributed by atoms with Crippen LogP contribution < -0.4 is 5.32 Å². The van der Waals surface area contributed by atoms with Gasteiger partial charge in [0.15, 0.2) is 0 Å². The number of hydrogen-bond donors (Lipinski definition) is 1. The molecule has 0 aliphatic heterocycles. The lowest BCUT2D eigenvalue weighted by atomic mass is 10.1. The molecule has 0 atom stereocenters. The van der Waals surface area contributed by atoms with E-state index in [0.29, 0.717) is 6.54 Å². The lowest BCUT2D eigenvalue weighted by molar-refractivity contribution is -0.116. The predicted octanol–water partition coefficient (Wildman–Crippen LogP) is 3.89. The van der Waals surface area contributed by atoms with E-state index in [2.05, 4.69) is 29.6 Å². The summed E-state index contributed by atoms with van der Waals surface area (Å²) >= 11 is 0. The monoisotopic (exact) mass is 308 g/mol. The molecule has 1 N–H and O–H groups in total. The van der Waals surface area contributed by atoms with Crippen molar-refractivity contribution in [1.29, 1.82) is 0 Å². The summed E-state index contributed by atoms with van der Waals surface area (Å²) in [5.74, 6) is 0.0120. The van der Waals surface area contributed by atoms with E-state index >= 15 is 0 Å². The maximum Gasteiger partial charge on any atom is 0.238 e. The summed E-state index contributed by atoms with van der Waals surface area (Å²) in [5.41, 5.74) is 4.27. The normalized spacial score (nSPS) is 11.1. The lowest BCUT2D eigenvalue weighted by Gasteiger charge is -2.16. The van der Waals surface area contributed by atoms with Gasteiger partial charge in [-0.15, -0.1) is 0 Å². The van der Waals surface area contributed by atoms with Crippen LogP contribution in [-0.2, 0) is 4.79 Å². The highest BCUT2D eigenvalue weighted by Crippen LogP contribution is 2.19. The van der Waals surface area contributed by atoms with Crippen molar-refractivity contribution < 1.29 is 4.79 Å². The highest BCUT2D eigenvalue weighted by molar-refractivity contribution is 5.93. The molecule has 0 fully saturated rings. The molecule has 0 heterocycles. The van der Waals surface area contributed by atoms with E-state index in [1.54, 1.807) is 0 Å². The topological polar surface area (TPSA) is 32.3 Å². The smallest absolute Gasteiger partial charge is 0.238 e. The molecule has 23 heavy (non-hydrogen) atoms. The van der Waals surface area contributed by atoms with Gasteiger partial charge >= 0.3 is 0 Å². The zero-order chi connectivity index (χ0) is 16.7. The van der Waals surface area contributed by atoms with Gasteiger partial charge in [-0.05, 0) is 37.6 Å². The number of hydrogen-bond acceptors (Lipinski definition) is 2. The average molecular weight is 308 g/mol. The summed E-state index contributed by atoms with van der Waals surface area (Å²) in [4.78, 5) is 14.2. The fourth-order valence-electron chi connectivity index (χ4n) is 2.43. The van der Waals surface area contributed by atoms with E-state index in [1.807, 2.05) is 62.2 Å². The molecule has 0 aliphatic carbocycles. The first-order chi connectivity index (χ1) is 11.1. The molecular formula is C20H24N2O. The molecule has 0 spiro atoms. The SMILES string of the molecule is Cc1cccc(C)c1NC(=O)CN(C)C/C=C/c1ccccc1. The first-order valence-corrected chi connectivity index (χ1v) is 7.82. The van der Waals surface area contributed by atoms with Crippen LogP contribution in [0.1, 0.15) is 16.7 Å². The molecule has 0 saturated carbocycles. The highest BCUT2D eigenvalue weighted by atomic mass is 16.2. The molecule has 0 radical (unpaired) electrons. The van der Waals surface area contributed by atoms with Gasteiger partial charge in [-0.25, -0.2) is 0 Å². The van der Waals surface area contributed by atoms with Gasteiger partial charge in [0.25, 0.3) is 0 Å². The molecule has 3 nitrogen and oxygen atoms in total. The summed E-state index contributed by atoms with van der Waals surface area (Å²) in [7, 11) is 1.94. The van der Waals surface area contributed by atoms with Crippen molar-refractivity contribution in [3.63, 3.8) is 0 Å². The fraction of sp³-hybridized carbons (Fsp3) is 0.250. The fourth-order valence-corrected chi connectivity index (χ4v) is 2.43. The predicted molar refractivity (Wildman–Crippen MR) is 97.5 cm³/mol.